The lowest BCUT2D eigenvalue weighted by Crippen LogP contribution is -2.35. The Labute approximate surface area is 117 Å². The van der Waals surface area contributed by atoms with Crippen LogP contribution < -0.4 is 0 Å². The molecule has 0 radical (unpaired) electrons. The van der Waals surface area contributed by atoms with Crippen LogP contribution in [0.1, 0.15) is 39.2 Å². The number of amides is 1. The summed E-state index contributed by atoms with van der Waals surface area (Å²) in [5.41, 5.74) is 1.18. The maximum absolute atomic E-state index is 12.2. The zero-order chi connectivity index (χ0) is 14.1. The monoisotopic (exact) mass is 259 g/mol. The van der Waals surface area contributed by atoms with Crippen molar-refractivity contribution in [2.45, 2.75) is 33.6 Å². The van der Waals surface area contributed by atoms with E-state index < -0.39 is 0 Å². The highest BCUT2D eigenvalue weighted by Gasteiger charge is 2.16. The molecule has 0 aliphatic heterocycles. The van der Waals surface area contributed by atoms with Crippen molar-refractivity contribution >= 4 is 12.0 Å². The molecule has 0 aromatic heterocycles. The Bertz CT molecular complexity index is 397. The van der Waals surface area contributed by atoms with Gasteiger partial charge in [0.1, 0.15) is 0 Å². The fourth-order valence-corrected chi connectivity index (χ4v) is 1.93. The number of carbonyl (C=O) groups is 1. The number of rotatable bonds is 7. The average Bonchev–Trinajstić information content (AvgIpc) is 2.46. The van der Waals surface area contributed by atoms with E-state index in [0.717, 1.165) is 19.4 Å². The molecule has 19 heavy (non-hydrogen) atoms. The first-order valence-corrected chi connectivity index (χ1v) is 7.19. The third-order valence-electron chi connectivity index (χ3n) is 3.27. The lowest BCUT2D eigenvalue weighted by molar-refractivity contribution is -0.134. The summed E-state index contributed by atoms with van der Waals surface area (Å²) in [5, 5.41) is 0. The van der Waals surface area contributed by atoms with Gasteiger partial charge in [-0.15, -0.1) is 0 Å². The van der Waals surface area contributed by atoms with Crippen LogP contribution in [0.25, 0.3) is 6.08 Å². The van der Waals surface area contributed by atoms with Gasteiger partial charge in [-0.3, -0.25) is 4.79 Å². The molecule has 0 fully saturated rings. The molecule has 0 spiro atoms. The van der Waals surface area contributed by atoms with E-state index in [0.29, 0.717) is 6.54 Å². The van der Waals surface area contributed by atoms with Crippen molar-refractivity contribution in [2.24, 2.45) is 5.92 Å². The second-order valence-electron chi connectivity index (χ2n) is 4.91. The Balaban J connectivity index is 2.59. The molecule has 1 aromatic carbocycles. The summed E-state index contributed by atoms with van der Waals surface area (Å²) in [5.74, 6) is 0.388. The molecule has 0 aliphatic rings. The summed E-state index contributed by atoms with van der Waals surface area (Å²) in [4.78, 5) is 14.2. The van der Waals surface area contributed by atoms with Crippen LogP contribution in [0.15, 0.2) is 36.4 Å². The minimum absolute atomic E-state index is 0.122. The normalized spacial score (nSPS) is 12.6. The van der Waals surface area contributed by atoms with E-state index in [1.165, 1.54) is 5.56 Å². The van der Waals surface area contributed by atoms with Gasteiger partial charge in [0, 0.05) is 19.0 Å². The van der Waals surface area contributed by atoms with E-state index in [2.05, 4.69) is 38.1 Å². The fraction of sp³-hybridized carbons (Fsp3) is 0.471. The molecule has 0 saturated carbocycles. The molecule has 1 aromatic rings. The zero-order valence-electron chi connectivity index (χ0n) is 12.3. The lowest BCUT2D eigenvalue weighted by Gasteiger charge is -2.23. The summed E-state index contributed by atoms with van der Waals surface area (Å²) < 4.78 is 0. The number of hydrogen-bond acceptors (Lipinski definition) is 1. The third-order valence-corrected chi connectivity index (χ3v) is 3.27. The second-order valence-corrected chi connectivity index (χ2v) is 4.91. The first kappa shape index (κ1) is 15.5. The van der Waals surface area contributed by atoms with Gasteiger partial charge in [0.05, 0.1) is 0 Å². The standard InChI is InChI=1S/C17H25NO/c1-4-13-18(17(19)15(3)5-2)14-9-12-16-10-7-6-8-11-16/h6-12,15H,4-5,13-14H2,1-3H3/b12-9-. The topological polar surface area (TPSA) is 20.3 Å². The van der Waals surface area contributed by atoms with Gasteiger partial charge < -0.3 is 4.90 Å². The highest BCUT2D eigenvalue weighted by atomic mass is 16.2. The van der Waals surface area contributed by atoms with Gasteiger partial charge in [-0.25, -0.2) is 0 Å². The van der Waals surface area contributed by atoms with E-state index in [-0.39, 0.29) is 11.8 Å². The second kappa shape index (κ2) is 8.52. The molecule has 1 rings (SSSR count). The lowest BCUT2D eigenvalue weighted by atomic mass is 10.1. The molecule has 104 valence electrons. The van der Waals surface area contributed by atoms with Gasteiger partial charge in [-0.1, -0.05) is 63.3 Å². The van der Waals surface area contributed by atoms with Gasteiger partial charge in [0.15, 0.2) is 0 Å². The largest absolute Gasteiger partial charge is 0.339 e. The Morgan fingerprint density at radius 1 is 1.26 bits per heavy atom. The molecule has 1 unspecified atom stereocenters. The Hall–Kier alpha value is -1.57. The summed E-state index contributed by atoms with van der Waals surface area (Å²) in [6.07, 6.45) is 6.06. The van der Waals surface area contributed by atoms with Gasteiger partial charge in [-0.2, -0.15) is 0 Å². The summed E-state index contributed by atoms with van der Waals surface area (Å²) in [6.45, 7) is 7.71. The van der Waals surface area contributed by atoms with Crippen molar-refractivity contribution in [3.8, 4) is 0 Å². The minimum Gasteiger partial charge on any atom is -0.339 e. The van der Waals surface area contributed by atoms with Crippen molar-refractivity contribution in [2.75, 3.05) is 13.1 Å². The molecule has 2 nitrogen and oxygen atoms in total. The number of nitrogens with zero attached hydrogens (tertiary/aromatic N) is 1. The van der Waals surface area contributed by atoms with Crippen LogP contribution in [0.4, 0.5) is 0 Å². The van der Waals surface area contributed by atoms with Crippen LogP contribution >= 0.6 is 0 Å². The molecule has 1 atom stereocenters. The number of hydrogen-bond donors (Lipinski definition) is 0. The van der Waals surface area contributed by atoms with E-state index in [4.69, 9.17) is 0 Å². The maximum atomic E-state index is 12.2. The van der Waals surface area contributed by atoms with Crippen molar-refractivity contribution in [1.29, 1.82) is 0 Å². The van der Waals surface area contributed by atoms with Gasteiger partial charge in [0.25, 0.3) is 0 Å². The molecular weight excluding hydrogens is 234 g/mol. The van der Waals surface area contributed by atoms with E-state index in [9.17, 15) is 4.79 Å². The van der Waals surface area contributed by atoms with Crippen molar-refractivity contribution in [1.82, 2.24) is 4.90 Å². The molecule has 0 N–H and O–H groups in total. The van der Waals surface area contributed by atoms with Crippen LogP contribution in [-0.2, 0) is 4.79 Å². The first-order chi connectivity index (χ1) is 9.19. The summed E-state index contributed by atoms with van der Waals surface area (Å²) >= 11 is 0. The molecule has 0 aliphatic carbocycles. The molecule has 0 heterocycles. The van der Waals surface area contributed by atoms with Crippen LogP contribution in [0, 0.1) is 5.92 Å². The predicted octanol–water partition coefficient (Wildman–Crippen LogP) is 3.98. The smallest absolute Gasteiger partial charge is 0.225 e. The van der Waals surface area contributed by atoms with E-state index >= 15 is 0 Å². The number of benzene rings is 1. The van der Waals surface area contributed by atoms with Crippen LogP contribution in [0.2, 0.25) is 0 Å². The maximum Gasteiger partial charge on any atom is 0.225 e. The van der Waals surface area contributed by atoms with E-state index in [1.807, 2.05) is 30.0 Å². The quantitative estimate of drug-likeness (QED) is 0.725. The average molecular weight is 259 g/mol. The van der Waals surface area contributed by atoms with Gasteiger partial charge in [-0.05, 0) is 18.4 Å². The zero-order valence-corrected chi connectivity index (χ0v) is 12.3. The van der Waals surface area contributed by atoms with Crippen LogP contribution in [0.3, 0.4) is 0 Å². The van der Waals surface area contributed by atoms with Crippen molar-refractivity contribution in [3.63, 3.8) is 0 Å². The molecule has 2 heteroatoms. The van der Waals surface area contributed by atoms with Crippen molar-refractivity contribution in [3.05, 3.63) is 42.0 Å². The number of carbonyl (C=O) groups excluding carboxylic acids is 1. The minimum atomic E-state index is 0.122. The van der Waals surface area contributed by atoms with Crippen LogP contribution in [-0.4, -0.2) is 23.9 Å². The van der Waals surface area contributed by atoms with Crippen molar-refractivity contribution < 1.29 is 4.79 Å². The summed E-state index contributed by atoms with van der Waals surface area (Å²) in [7, 11) is 0. The van der Waals surface area contributed by atoms with Gasteiger partial charge in [0.2, 0.25) is 5.91 Å². The third kappa shape index (κ3) is 5.29. The Morgan fingerprint density at radius 3 is 2.53 bits per heavy atom. The highest BCUT2D eigenvalue weighted by molar-refractivity contribution is 5.78. The fourth-order valence-electron chi connectivity index (χ4n) is 1.93. The Morgan fingerprint density at radius 2 is 1.95 bits per heavy atom. The van der Waals surface area contributed by atoms with Crippen LogP contribution in [0.5, 0.6) is 0 Å². The predicted molar refractivity (Wildman–Crippen MR) is 81.8 cm³/mol. The first-order valence-electron chi connectivity index (χ1n) is 7.19. The Kier molecular flexibility index (Phi) is 6.94. The summed E-state index contributed by atoms with van der Waals surface area (Å²) in [6, 6.07) is 10.2. The SMILES string of the molecule is CCCN(C/C=C\c1ccccc1)C(=O)C(C)CC. The molecule has 0 bridgehead atoms. The highest BCUT2D eigenvalue weighted by Crippen LogP contribution is 2.08. The van der Waals surface area contributed by atoms with E-state index in [1.54, 1.807) is 0 Å². The molecule has 1 amide bonds. The molecular formula is C17H25NO. The molecule has 0 saturated heterocycles. The van der Waals surface area contributed by atoms with Gasteiger partial charge >= 0.3 is 0 Å².